The average Bonchev–Trinajstić information content (AvgIpc) is 2.68. The third-order valence-electron chi connectivity index (χ3n) is 4.85. The van der Waals surface area contributed by atoms with Crippen LogP contribution in [0, 0.1) is 23.6 Å². The van der Waals surface area contributed by atoms with E-state index in [1.807, 2.05) is 12.1 Å². The summed E-state index contributed by atoms with van der Waals surface area (Å²) in [6.45, 7) is 3.63. The molecule has 0 saturated heterocycles. The van der Waals surface area contributed by atoms with E-state index < -0.39 is 11.6 Å². The molecule has 0 heterocycles. The second-order valence-electron chi connectivity index (χ2n) is 6.90. The maximum atomic E-state index is 13.4. The highest BCUT2D eigenvalue weighted by atomic mass is 19.2. The largest absolute Gasteiger partial charge is 0.493 e. The molecule has 0 spiro atoms. The summed E-state index contributed by atoms with van der Waals surface area (Å²) >= 11 is 0. The van der Waals surface area contributed by atoms with Gasteiger partial charge in [-0.2, -0.15) is 0 Å². The number of benzene rings is 2. The summed E-state index contributed by atoms with van der Waals surface area (Å²) in [6.07, 6.45) is 5.86. The minimum atomic E-state index is -0.847. The topological polar surface area (TPSA) is 18.5 Å². The van der Waals surface area contributed by atoms with Gasteiger partial charge in [0, 0.05) is 12.7 Å². The Labute approximate surface area is 154 Å². The van der Waals surface area contributed by atoms with Gasteiger partial charge in [0.05, 0.1) is 12.7 Å². The summed E-state index contributed by atoms with van der Waals surface area (Å²) in [5.74, 6) is -0.528. The monoisotopic (exact) mass is 359 g/mol. The van der Waals surface area contributed by atoms with Crippen molar-refractivity contribution in [3.63, 3.8) is 0 Å². The van der Waals surface area contributed by atoms with Crippen molar-refractivity contribution in [2.24, 2.45) is 5.92 Å². The molecular weight excluding hydrogens is 334 g/mol. The molecule has 1 aliphatic rings. The lowest BCUT2D eigenvalue weighted by molar-refractivity contribution is 0.0132. The second-order valence-corrected chi connectivity index (χ2v) is 6.90. The van der Waals surface area contributed by atoms with E-state index in [9.17, 15) is 8.78 Å². The van der Waals surface area contributed by atoms with Crippen LogP contribution in [0.15, 0.2) is 36.4 Å². The molecule has 2 nitrogen and oxygen atoms in total. The van der Waals surface area contributed by atoms with Crippen molar-refractivity contribution in [2.45, 2.75) is 45.1 Å². The van der Waals surface area contributed by atoms with E-state index in [2.05, 4.69) is 13.0 Å². The Balaban J connectivity index is 1.54. The van der Waals surface area contributed by atoms with Gasteiger partial charge in [0.1, 0.15) is 5.75 Å². The number of rotatable bonds is 7. The van der Waals surface area contributed by atoms with Crippen LogP contribution in [0.3, 0.4) is 0 Å². The van der Waals surface area contributed by atoms with Gasteiger partial charge in [-0.15, -0.1) is 0 Å². The molecule has 0 amide bonds. The van der Waals surface area contributed by atoms with Crippen molar-refractivity contribution < 1.29 is 18.3 Å². The van der Waals surface area contributed by atoms with E-state index in [1.165, 1.54) is 6.07 Å². The van der Waals surface area contributed by atoms with Gasteiger partial charge in [0.25, 0.3) is 0 Å². The summed E-state index contributed by atoms with van der Waals surface area (Å²) in [5, 5.41) is 0. The van der Waals surface area contributed by atoms with Gasteiger partial charge < -0.3 is 9.47 Å². The van der Waals surface area contributed by atoms with Crippen LogP contribution >= 0.6 is 0 Å². The molecule has 2 aromatic rings. The van der Waals surface area contributed by atoms with Crippen LogP contribution in [0.2, 0.25) is 0 Å². The fourth-order valence-electron chi connectivity index (χ4n) is 3.34. The van der Waals surface area contributed by atoms with E-state index in [4.69, 9.17) is 9.47 Å². The van der Waals surface area contributed by atoms with Crippen LogP contribution in [0.25, 0.3) is 11.1 Å². The summed E-state index contributed by atoms with van der Waals surface area (Å²) in [6, 6.07) is 12.4. The zero-order valence-electron chi connectivity index (χ0n) is 15.1. The molecule has 0 aromatic heterocycles. The molecule has 1 aliphatic carbocycles. The van der Waals surface area contributed by atoms with Gasteiger partial charge in [0.2, 0.25) is 0 Å². The van der Waals surface area contributed by atoms with E-state index >= 15 is 0 Å². The lowest BCUT2D eigenvalue weighted by Gasteiger charge is -2.28. The molecule has 0 aliphatic heterocycles. The minimum Gasteiger partial charge on any atom is -0.493 e. The van der Waals surface area contributed by atoms with Gasteiger partial charge in [-0.1, -0.05) is 19.1 Å². The first kappa shape index (κ1) is 18.8. The number of ether oxygens (including phenoxy) is 2. The predicted molar refractivity (Wildman–Crippen MR) is 98.1 cm³/mol. The Kier molecular flexibility index (Phi) is 6.62. The Morgan fingerprint density at radius 2 is 1.77 bits per heavy atom. The van der Waals surface area contributed by atoms with Gasteiger partial charge in [0.15, 0.2) is 11.6 Å². The van der Waals surface area contributed by atoms with Crippen molar-refractivity contribution >= 4 is 0 Å². The smallest absolute Gasteiger partial charge is 0.159 e. The Hall–Kier alpha value is -1.94. The number of hydrogen-bond donors (Lipinski definition) is 0. The zero-order chi connectivity index (χ0) is 18.4. The molecular formula is C22H25F2O2. The standard InChI is InChI=1S/C22H25F2O2/c1-2-12-25-19-9-6-16(7-10-19)15-26-20-5-3-4-17(13-20)18-8-11-21(23)22(24)14-18/h3-4,8,11,13-14,16,19H,2,6-7,9-10,12,15H2,1H3. The number of hydrogen-bond acceptors (Lipinski definition) is 2. The Morgan fingerprint density at radius 1 is 1.00 bits per heavy atom. The molecule has 139 valence electrons. The summed E-state index contributed by atoms with van der Waals surface area (Å²) < 4.78 is 38.3. The van der Waals surface area contributed by atoms with E-state index in [1.54, 1.807) is 12.1 Å². The first-order valence-electron chi connectivity index (χ1n) is 9.37. The lowest BCUT2D eigenvalue weighted by atomic mass is 9.88. The highest BCUT2D eigenvalue weighted by molar-refractivity contribution is 5.64. The second kappa shape index (κ2) is 9.13. The minimum absolute atomic E-state index is 0.398. The third kappa shape index (κ3) is 5.04. The summed E-state index contributed by atoms with van der Waals surface area (Å²) in [4.78, 5) is 0. The normalized spacial score (nSPS) is 20.1. The molecule has 1 radical (unpaired) electrons. The maximum Gasteiger partial charge on any atom is 0.159 e. The van der Waals surface area contributed by atoms with Crippen molar-refractivity contribution in [3.05, 3.63) is 54.1 Å². The summed E-state index contributed by atoms with van der Waals surface area (Å²) in [5.41, 5.74) is 1.41. The predicted octanol–water partition coefficient (Wildman–Crippen LogP) is 5.80. The molecule has 0 unspecified atom stereocenters. The van der Waals surface area contributed by atoms with Crippen LogP contribution in [-0.2, 0) is 4.74 Å². The lowest BCUT2D eigenvalue weighted by Crippen LogP contribution is -2.25. The Bertz CT molecular complexity index is 709. The van der Waals surface area contributed by atoms with Crippen molar-refractivity contribution in [1.29, 1.82) is 0 Å². The van der Waals surface area contributed by atoms with E-state index in [-0.39, 0.29) is 0 Å². The maximum absolute atomic E-state index is 13.4. The molecule has 0 bridgehead atoms. The van der Waals surface area contributed by atoms with Crippen LogP contribution in [0.4, 0.5) is 8.78 Å². The Morgan fingerprint density at radius 3 is 2.50 bits per heavy atom. The van der Waals surface area contributed by atoms with Crippen LogP contribution in [0.1, 0.15) is 39.0 Å². The molecule has 0 atom stereocenters. The van der Waals surface area contributed by atoms with E-state index in [0.717, 1.165) is 50.3 Å². The SMILES string of the molecule is CCCOC1CCC(COc2[c]ccc(-c3ccc(F)c(F)c3)c2)CC1. The molecule has 0 N–H and O–H groups in total. The molecule has 2 aromatic carbocycles. The fraction of sp³-hybridized carbons (Fsp3) is 0.455. The van der Waals surface area contributed by atoms with Crippen LogP contribution in [0.5, 0.6) is 5.75 Å². The van der Waals surface area contributed by atoms with E-state index in [0.29, 0.717) is 29.9 Å². The third-order valence-corrected chi connectivity index (χ3v) is 4.85. The van der Waals surface area contributed by atoms with Crippen molar-refractivity contribution in [3.8, 4) is 16.9 Å². The summed E-state index contributed by atoms with van der Waals surface area (Å²) in [7, 11) is 0. The number of halogens is 2. The molecule has 1 saturated carbocycles. The van der Waals surface area contributed by atoms with Crippen molar-refractivity contribution in [1.82, 2.24) is 0 Å². The molecule has 3 rings (SSSR count). The van der Waals surface area contributed by atoms with Gasteiger partial charge in [-0.05, 0) is 73.4 Å². The highest BCUT2D eigenvalue weighted by Gasteiger charge is 2.22. The van der Waals surface area contributed by atoms with Gasteiger partial charge in [-0.3, -0.25) is 0 Å². The van der Waals surface area contributed by atoms with Crippen molar-refractivity contribution in [2.75, 3.05) is 13.2 Å². The molecule has 26 heavy (non-hydrogen) atoms. The van der Waals surface area contributed by atoms with Gasteiger partial charge in [-0.25, -0.2) is 8.78 Å². The zero-order valence-corrected chi connectivity index (χ0v) is 15.1. The van der Waals surface area contributed by atoms with Crippen LogP contribution < -0.4 is 4.74 Å². The quantitative estimate of drug-likeness (QED) is 0.622. The highest BCUT2D eigenvalue weighted by Crippen LogP contribution is 2.29. The first-order chi connectivity index (χ1) is 12.7. The average molecular weight is 359 g/mol. The fourth-order valence-corrected chi connectivity index (χ4v) is 3.34. The van der Waals surface area contributed by atoms with Gasteiger partial charge >= 0.3 is 0 Å². The molecule has 4 heteroatoms. The molecule has 1 fully saturated rings. The van der Waals surface area contributed by atoms with Crippen LogP contribution in [-0.4, -0.2) is 19.3 Å². The first-order valence-corrected chi connectivity index (χ1v) is 9.37.